The summed E-state index contributed by atoms with van der Waals surface area (Å²) in [6.45, 7) is 4.37. The van der Waals surface area contributed by atoms with Crippen LogP contribution in [0.2, 0.25) is 0 Å². The molecule has 0 saturated carbocycles. The molecule has 0 spiro atoms. The van der Waals surface area contributed by atoms with Crippen LogP contribution in [0.25, 0.3) is 11.3 Å². The Bertz CT molecular complexity index is 1140. The number of esters is 1. The molecule has 3 rings (SSSR count). The van der Waals surface area contributed by atoms with Crippen molar-refractivity contribution in [3.05, 3.63) is 54.4 Å². The fourth-order valence-corrected chi connectivity index (χ4v) is 3.27. The van der Waals surface area contributed by atoms with Crippen LogP contribution in [0.15, 0.2) is 53.7 Å². The Kier molecular flexibility index (Phi) is 6.41. The highest BCUT2D eigenvalue weighted by molar-refractivity contribution is 7.90. The number of pyridine rings is 1. The number of sulfone groups is 1. The predicted octanol–water partition coefficient (Wildman–Crippen LogP) is 3.85. The maximum atomic E-state index is 11.9. The van der Waals surface area contributed by atoms with E-state index in [2.05, 4.69) is 9.97 Å². The van der Waals surface area contributed by atoms with Crippen LogP contribution >= 0.6 is 0 Å². The lowest BCUT2D eigenvalue weighted by Crippen LogP contribution is -2.04. The summed E-state index contributed by atoms with van der Waals surface area (Å²) in [5.74, 6) is 0.995. The second-order valence-corrected chi connectivity index (χ2v) is 8.30. The van der Waals surface area contributed by atoms with Crippen molar-refractivity contribution in [2.24, 2.45) is 0 Å². The first kappa shape index (κ1) is 21.4. The summed E-state index contributed by atoms with van der Waals surface area (Å²) < 4.78 is 39.6. The standard InChI is InChI=1S/C21H22N2O6S/c1-4-27-16-10-14(18-7-8-19(23-18)21(24)28-5-2)11-17(12-16)29-15-6-9-20(22-13-15)30(3,25)26/h6-13,23H,4-5H2,1-3H3. The maximum absolute atomic E-state index is 11.9. The van der Waals surface area contributed by atoms with E-state index in [9.17, 15) is 13.2 Å². The molecule has 3 aromatic rings. The van der Waals surface area contributed by atoms with Crippen LogP contribution in [0.1, 0.15) is 24.3 Å². The van der Waals surface area contributed by atoms with E-state index in [4.69, 9.17) is 14.2 Å². The molecular weight excluding hydrogens is 408 g/mol. The zero-order valence-electron chi connectivity index (χ0n) is 16.8. The van der Waals surface area contributed by atoms with Crippen molar-refractivity contribution in [1.29, 1.82) is 0 Å². The monoisotopic (exact) mass is 430 g/mol. The number of nitrogens with one attached hydrogen (secondary N) is 1. The Labute approximate surface area is 174 Å². The lowest BCUT2D eigenvalue weighted by molar-refractivity contribution is 0.0520. The molecule has 0 saturated heterocycles. The van der Waals surface area contributed by atoms with Gasteiger partial charge in [-0.3, -0.25) is 0 Å². The molecule has 0 bridgehead atoms. The number of aromatic amines is 1. The minimum absolute atomic E-state index is 0.0310. The topological polar surface area (TPSA) is 108 Å². The minimum Gasteiger partial charge on any atom is -0.494 e. The predicted molar refractivity (Wildman–Crippen MR) is 111 cm³/mol. The van der Waals surface area contributed by atoms with E-state index in [1.807, 2.05) is 13.0 Å². The van der Waals surface area contributed by atoms with Crippen molar-refractivity contribution < 1.29 is 27.4 Å². The van der Waals surface area contributed by atoms with E-state index in [0.29, 0.717) is 35.2 Å². The molecule has 1 N–H and O–H groups in total. The number of hydrogen-bond acceptors (Lipinski definition) is 7. The molecule has 30 heavy (non-hydrogen) atoms. The highest BCUT2D eigenvalue weighted by Crippen LogP contribution is 2.32. The summed E-state index contributed by atoms with van der Waals surface area (Å²) in [5.41, 5.74) is 1.78. The van der Waals surface area contributed by atoms with Gasteiger partial charge in [0.05, 0.1) is 19.4 Å². The molecule has 0 atom stereocenters. The largest absolute Gasteiger partial charge is 0.494 e. The molecule has 2 aromatic heterocycles. The van der Waals surface area contributed by atoms with Crippen molar-refractivity contribution in [1.82, 2.24) is 9.97 Å². The molecule has 0 radical (unpaired) electrons. The first-order valence-electron chi connectivity index (χ1n) is 9.28. The van der Waals surface area contributed by atoms with Crippen LogP contribution in [0, 0.1) is 0 Å². The van der Waals surface area contributed by atoms with Gasteiger partial charge in [-0.25, -0.2) is 18.2 Å². The number of ether oxygens (including phenoxy) is 3. The summed E-state index contributed by atoms with van der Waals surface area (Å²) >= 11 is 0. The van der Waals surface area contributed by atoms with E-state index in [1.54, 1.807) is 31.2 Å². The zero-order valence-corrected chi connectivity index (χ0v) is 17.7. The van der Waals surface area contributed by atoms with Crippen LogP contribution in [-0.4, -0.2) is 43.8 Å². The molecule has 2 heterocycles. The van der Waals surface area contributed by atoms with E-state index in [0.717, 1.165) is 11.8 Å². The average Bonchev–Trinajstić information content (AvgIpc) is 3.18. The number of H-pyrrole nitrogens is 1. The van der Waals surface area contributed by atoms with Crippen LogP contribution in [0.5, 0.6) is 17.2 Å². The third-order valence-electron chi connectivity index (χ3n) is 4.01. The number of nitrogens with zero attached hydrogens (tertiary/aromatic N) is 1. The first-order valence-corrected chi connectivity index (χ1v) is 11.2. The molecule has 0 aliphatic heterocycles. The Morgan fingerprint density at radius 3 is 2.40 bits per heavy atom. The number of hydrogen-bond donors (Lipinski definition) is 1. The van der Waals surface area contributed by atoms with Gasteiger partial charge in [-0.15, -0.1) is 0 Å². The SMILES string of the molecule is CCOC(=O)c1ccc(-c2cc(OCC)cc(Oc3ccc(S(C)(=O)=O)nc3)c2)[nH]1. The number of carbonyl (C=O) groups is 1. The molecule has 1 aromatic carbocycles. The van der Waals surface area contributed by atoms with Crippen molar-refractivity contribution in [3.63, 3.8) is 0 Å². The molecule has 0 fully saturated rings. The molecular formula is C21H22N2O6S. The molecule has 158 valence electrons. The molecule has 0 unspecified atom stereocenters. The van der Waals surface area contributed by atoms with Crippen LogP contribution in [-0.2, 0) is 14.6 Å². The Hall–Kier alpha value is -3.33. The van der Waals surface area contributed by atoms with Gasteiger partial charge in [0.1, 0.15) is 22.9 Å². The van der Waals surface area contributed by atoms with Gasteiger partial charge in [0.25, 0.3) is 0 Å². The van der Waals surface area contributed by atoms with Gasteiger partial charge < -0.3 is 19.2 Å². The van der Waals surface area contributed by atoms with Gasteiger partial charge in [-0.1, -0.05) is 0 Å². The minimum atomic E-state index is -3.39. The lowest BCUT2D eigenvalue weighted by Gasteiger charge is -2.11. The maximum Gasteiger partial charge on any atom is 0.354 e. The molecule has 0 aliphatic carbocycles. The summed E-state index contributed by atoms with van der Waals surface area (Å²) in [5, 5.41) is -0.0310. The van der Waals surface area contributed by atoms with Gasteiger partial charge >= 0.3 is 5.97 Å². The highest BCUT2D eigenvalue weighted by Gasteiger charge is 2.13. The van der Waals surface area contributed by atoms with Crippen molar-refractivity contribution in [2.75, 3.05) is 19.5 Å². The van der Waals surface area contributed by atoms with Crippen molar-refractivity contribution in [3.8, 4) is 28.5 Å². The van der Waals surface area contributed by atoms with Gasteiger partial charge in [-0.2, -0.15) is 0 Å². The van der Waals surface area contributed by atoms with Gasteiger partial charge in [0, 0.05) is 23.6 Å². The lowest BCUT2D eigenvalue weighted by atomic mass is 10.1. The smallest absolute Gasteiger partial charge is 0.354 e. The first-order chi connectivity index (χ1) is 14.3. The zero-order chi connectivity index (χ0) is 21.7. The highest BCUT2D eigenvalue weighted by atomic mass is 32.2. The van der Waals surface area contributed by atoms with Gasteiger partial charge in [-0.05, 0) is 50.2 Å². The molecule has 0 aliphatic rings. The molecule has 9 heteroatoms. The quantitative estimate of drug-likeness (QED) is 0.541. The van der Waals surface area contributed by atoms with Crippen LogP contribution in [0.3, 0.4) is 0 Å². The van der Waals surface area contributed by atoms with Gasteiger partial charge in [0.15, 0.2) is 14.9 Å². The fraction of sp³-hybridized carbons (Fsp3) is 0.238. The van der Waals surface area contributed by atoms with E-state index in [1.165, 1.54) is 18.3 Å². The third-order valence-corrected chi connectivity index (χ3v) is 5.01. The van der Waals surface area contributed by atoms with E-state index < -0.39 is 15.8 Å². The normalized spacial score (nSPS) is 11.2. The number of carbonyl (C=O) groups excluding carboxylic acids is 1. The molecule has 8 nitrogen and oxygen atoms in total. The van der Waals surface area contributed by atoms with Gasteiger partial charge in [0.2, 0.25) is 0 Å². The Balaban J connectivity index is 1.90. The fourth-order valence-electron chi connectivity index (χ4n) is 2.71. The number of aromatic nitrogens is 2. The second kappa shape index (κ2) is 9.00. The van der Waals surface area contributed by atoms with Crippen LogP contribution in [0.4, 0.5) is 0 Å². The summed E-state index contributed by atoms with van der Waals surface area (Å²) in [6.07, 6.45) is 2.44. The van der Waals surface area contributed by atoms with Crippen molar-refractivity contribution in [2.45, 2.75) is 18.9 Å². The summed E-state index contributed by atoms with van der Waals surface area (Å²) in [7, 11) is -3.39. The van der Waals surface area contributed by atoms with E-state index >= 15 is 0 Å². The Morgan fingerprint density at radius 1 is 1.00 bits per heavy atom. The number of rotatable bonds is 8. The van der Waals surface area contributed by atoms with Crippen molar-refractivity contribution >= 4 is 15.8 Å². The Morgan fingerprint density at radius 2 is 1.77 bits per heavy atom. The summed E-state index contributed by atoms with van der Waals surface area (Å²) in [4.78, 5) is 18.9. The summed E-state index contributed by atoms with van der Waals surface area (Å²) in [6, 6.07) is 11.6. The second-order valence-electron chi connectivity index (χ2n) is 6.34. The average molecular weight is 430 g/mol. The van der Waals surface area contributed by atoms with Crippen LogP contribution < -0.4 is 9.47 Å². The van der Waals surface area contributed by atoms with E-state index in [-0.39, 0.29) is 11.6 Å². The molecule has 0 amide bonds. The third kappa shape index (κ3) is 5.18. The number of benzene rings is 1.